The van der Waals surface area contributed by atoms with Crippen molar-refractivity contribution in [1.82, 2.24) is 19.5 Å². The fourth-order valence-corrected chi connectivity index (χ4v) is 7.51. The second kappa shape index (κ2) is 11.8. The van der Waals surface area contributed by atoms with Gasteiger partial charge < -0.3 is 4.98 Å². The molecule has 52 heavy (non-hydrogen) atoms. The molecule has 0 aliphatic heterocycles. The molecule has 0 saturated carbocycles. The number of aromatic nitrogens is 4. The molecule has 0 aliphatic rings. The monoisotopic (exact) mass is 674 g/mol. The fourth-order valence-electron chi connectivity index (χ4n) is 7.51. The third-order valence-corrected chi connectivity index (χ3v) is 10.5. The summed E-state index contributed by atoms with van der Waals surface area (Å²) in [4.78, 5) is 14.3. The summed E-state index contributed by atoms with van der Waals surface area (Å²) in [7, 11) is 0. The van der Waals surface area contributed by atoms with Gasteiger partial charge in [-0.1, -0.05) is 120 Å². The first-order valence-electron chi connectivity index (χ1n) is 18.2. The van der Waals surface area contributed by atoms with Gasteiger partial charge in [-0.15, -0.1) is 0 Å². The number of H-pyrrole nitrogens is 1. The number of pyridine rings is 1. The standard InChI is InChI=1S/C48H42N4/c1-47(2,3)34-22-23-41-38(26-34)39-27-35(48(4,5)6)28-40(44(39)50-41)46-51-45-37(20-13-21-43(45)52(46)36-18-8-7-9-19-36)31-16-12-17-32(24-31)42-25-30-14-10-11-15-33(30)29-49-42/h7-29,50H,1-6H3. The highest BCUT2D eigenvalue weighted by molar-refractivity contribution is 6.13. The Labute approximate surface area is 304 Å². The first-order chi connectivity index (χ1) is 25.0. The minimum absolute atomic E-state index is 0.0433. The van der Waals surface area contributed by atoms with Gasteiger partial charge in [0, 0.05) is 50.2 Å². The van der Waals surface area contributed by atoms with Gasteiger partial charge in [-0.2, -0.15) is 0 Å². The lowest BCUT2D eigenvalue weighted by Gasteiger charge is -2.21. The van der Waals surface area contributed by atoms with Crippen LogP contribution in [-0.4, -0.2) is 19.5 Å². The summed E-state index contributed by atoms with van der Waals surface area (Å²) in [5.74, 6) is 0.916. The summed E-state index contributed by atoms with van der Waals surface area (Å²) in [6.07, 6.45) is 1.96. The Balaban J connectivity index is 1.31. The second-order valence-electron chi connectivity index (χ2n) is 16.1. The van der Waals surface area contributed by atoms with Crippen LogP contribution in [0, 0.1) is 0 Å². The lowest BCUT2D eigenvalue weighted by molar-refractivity contribution is 0.590. The van der Waals surface area contributed by atoms with E-state index in [1.807, 2.05) is 6.20 Å². The van der Waals surface area contributed by atoms with Gasteiger partial charge in [0.25, 0.3) is 0 Å². The van der Waals surface area contributed by atoms with Gasteiger partial charge in [-0.25, -0.2) is 4.98 Å². The van der Waals surface area contributed by atoms with Gasteiger partial charge in [0.2, 0.25) is 0 Å². The Kier molecular flexibility index (Phi) is 7.24. The average Bonchev–Trinajstić information content (AvgIpc) is 3.72. The molecular weight excluding hydrogens is 633 g/mol. The summed E-state index contributed by atoms with van der Waals surface area (Å²) in [5, 5.41) is 4.80. The van der Waals surface area contributed by atoms with E-state index in [4.69, 9.17) is 9.97 Å². The molecule has 9 rings (SSSR count). The minimum atomic E-state index is -0.0693. The number of aromatic amines is 1. The molecule has 0 fully saturated rings. The number of benzene rings is 6. The Bertz CT molecular complexity index is 2800. The molecule has 0 unspecified atom stereocenters. The molecule has 0 aliphatic carbocycles. The molecule has 0 saturated heterocycles. The van der Waals surface area contributed by atoms with Crippen LogP contribution in [0.3, 0.4) is 0 Å². The van der Waals surface area contributed by atoms with Gasteiger partial charge in [0.05, 0.1) is 22.2 Å². The maximum absolute atomic E-state index is 5.61. The Hall–Kier alpha value is -6.00. The van der Waals surface area contributed by atoms with Crippen LogP contribution < -0.4 is 0 Å². The van der Waals surface area contributed by atoms with Crippen molar-refractivity contribution in [2.45, 2.75) is 52.4 Å². The maximum atomic E-state index is 5.61. The van der Waals surface area contributed by atoms with Crippen molar-refractivity contribution in [3.05, 3.63) is 151 Å². The number of nitrogens with zero attached hydrogens (tertiary/aromatic N) is 3. The van der Waals surface area contributed by atoms with Crippen LogP contribution in [0.1, 0.15) is 52.7 Å². The first kappa shape index (κ1) is 31.9. The van der Waals surface area contributed by atoms with E-state index in [2.05, 4.69) is 185 Å². The van der Waals surface area contributed by atoms with Crippen molar-refractivity contribution in [3.63, 3.8) is 0 Å². The molecular formula is C48H42N4. The van der Waals surface area contributed by atoms with E-state index in [9.17, 15) is 0 Å². The van der Waals surface area contributed by atoms with Crippen molar-refractivity contribution < 1.29 is 0 Å². The zero-order valence-electron chi connectivity index (χ0n) is 30.6. The predicted octanol–water partition coefficient (Wildman–Crippen LogP) is 12.8. The van der Waals surface area contributed by atoms with E-state index in [-0.39, 0.29) is 10.8 Å². The Morgan fingerprint density at radius 3 is 2.06 bits per heavy atom. The first-order valence-corrected chi connectivity index (χ1v) is 18.2. The number of rotatable bonds is 4. The van der Waals surface area contributed by atoms with Gasteiger partial charge in [0.1, 0.15) is 5.82 Å². The smallest absolute Gasteiger partial charge is 0.147 e. The molecule has 4 heteroatoms. The Morgan fingerprint density at radius 2 is 1.27 bits per heavy atom. The van der Waals surface area contributed by atoms with E-state index < -0.39 is 0 Å². The number of fused-ring (bicyclic) bond motifs is 5. The molecule has 0 bridgehead atoms. The summed E-state index contributed by atoms with van der Waals surface area (Å²) >= 11 is 0. The highest BCUT2D eigenvalue weighted by Gasteiger charge is 2.25. The van der Waals surface area contributed by atoms with Crippen molar-refractivity contribution >= 4 is 43.6 Å². The lowest BCUT2D eigenvalue weighted by Crippen LogP contribution is -2.11. The number of para-hydroxylation sites is 2. The summed E-state index contributed by atoms with van der Waals surface area (Å²) in [6.45, 7) is 13.7. The summed E-state index contributed by atoms with van der Waals surface area (Å²) in [6, 6.07) is 48.1. The lowest BCUT2D eigenvalue weighted by atomic mass is 9.84. The number of nitrogens with one attached hydrogen (secondary N) is 1. The minimum Gasteiger partial charge on any atom is -0.354 e. The van der Waals surface area contributed by atoms with Crippen LogP contribution in [0.15, 0.2) is 140 Å². The third kappa shape index (κ3) is 5.38. The van der Waals surface area contributed by atoms with E-state index in [0.29, 0.717) is 0 Å². The van der Waals surface area contributed by atoms with Crippen molar-refractivity contribution in [2.75, 3.05) is 0 Å². The second-order valence-corrected chi connectivity index (χ2v) is 16.1. The molecule has 254 valence electrons. The summed E-state index contributed by atoms with van der Waals surface area (Å²) in [5.41, 5.74) is 13.2. The average molecular weight is 675 g/mol. The highest BCUT2D eigenvalue weighted by atomic mass is 15.1. The zero-order chi connectivity index (χ0) is 35.8. The topological polar surface area (TPSA) is 46.5 Å². The van der Waals surface area contributed by atoms with E-state index in [1.54, 1.807) is 0 Å². The van der Waals surface area contributed by atoms with Crippen LogP contribution in [0.5, 0.6) is 0 Å². The fraction of sp³-hybridized carbons (Fsp3) is 0.167. The van der Waals surface area contributed by atoms with Crippen LogP contribution in [0.2, 0.25) is 0 Å². The zero-order valence-corrected chi connectivity index (χ0v) is 30.6. The molecule has 1 N–H and O–H groups in total. The SMILES string of the molecule is CC(C)(C)c1ccc2[nH]c3c(-c4nc5c(-c6cccc(-c7cc8ccccc8cn7)c6)cccc5n4-c4ccccc4)cc(C(C)(C)C)cc3c2c1. The normalized spacial score (nSPS) is 12.4. The quantitative estimate of drug-likeness (QED) is 0.202. The largest absolute Gasteiger partial charge is 0.354 e. The number of imidazole rings is 1. The van der Waals surface area contributed by atoms with Crippen LogP contribution >= 0.6 is 0 Å². The molecule has 0 radical (unpaired) electrons. The van der Waals surface area contributed by atoms with Crippen molar-refractivity contribution in [2.24, 2.45) is 0 Å². The van der Waals surface area contributed by atoms with Crippen molar-refractivity contribution in [1.29, 1.82) is 0 Å². The van der Waals surface area contributed by atoms with E-state index >= 15 is 0 Å². The van der Waals surface area contributed by atoms with Crippen LogP contribution in [0.4, 0.5) is 0 Å². The molecule has 0 atom stereocenters. The molecule has 4 nitrogen and oxygen atoms in total. The van der Waals surface area contributed by atoms with Gasteiger partial charge in [-0.05, 0) is 87.5 Å². The number of hydrogen-bond donors (Lipinski definition) is 1. The van der Waals surface area contributed by atoms with Gasteiger partial charge in [0.15, 0.2) is 0 Å². The number of hydrogen-bond acceptors (Lipinski definition) is 2. The molecule has 0 amide bonds. The predicted molar refractivity (Wildman–Crippen MR) is 219 cm³/mol. The third-order valence-electron chi connectivity index (χ3n) is 10.5. The molecule has 6 aromatic carbocycles. The molecule has 3 heterocycles. The maximum Gasteiger partial charge on any atom is 0.147 e. The molecule has 3 aromatic heterocycles. The van der Waals surface area contributed by atoms with Crippen molar-refractivity contribution in [3.8, 4) is 39.5 Å². The van der Waals surface area contributed by atoms with E-state index in [1.165, 1.54) is 27.3 Å². The van der Waals surface area contributed by atoms with Crippen LogP contribution in [-0.2, 0) is 10.8 Å². The molecule has 0 spiro atoms. The van der Waals surface area contributed by atoms with Gasteiger partial charge >= 0.3 is 0 Å². The Morgan fingerprint density at radius 1 is 0.558 bits per heavy atom. The van der Waals surface area contributed by atoms with Crippen LogP contribution in [0.25, 0.3) is 83.1 Å². The highest BCUT2D eigenvalue weighted by Crippen LogP contribution is 2.42. The van der Waals surface area contributed by atoms with E-state index in [0.717, 1.165) is 66.9 Å². The van der Waals surface area contributed by atoms with Gasteiger partial charge in [-0.3, -0.25) is 9.55 Å². The summed E-state index contributed by atoms with van der Waals surface area (Å²) < 4.78 is 2.33. The molecule has 9 aromatic rings.